The van der Waals surface area contributed by atoms with E-state index in [-0.39, 0.29) is 12.1 Å². The van der Waals surface area contributed by atoms with Crippen molar-refractivity contribution in [3.8, 4) is 0 Å². The number of rotatable bonds is 4. The summed E-state index contributed by atoms with van der Waals surface area (Å²) in [5, 5.41) is 0. The third-order valence-corrected chi connectivity index (χ3v) is 3.43. The van der Waals surface area contributed by atoms with Crippen LogP contribution < -0.4 is 0 Å². The van der Waals surface area contributed by atoms with Gasteiger partial charge in [0.2, 0.25) is 0 Å². The highest BCUT2D eigenvalue weighted by Gasteiger charge is 2.43. The molecule has 1 aliphatic rings. The molecular weight excluding hydrogens is 204 g/mol. The van der Waals surface area contributed by atoms with Gasteiger partial charge in [0, 0.05) is 12.7 Å². The average Bonchev–Trinajstić information content (AvgIpc) is 2.29. The summed E-state index contributed by atoms with van der Waals surface area (Å²) < 4.78 is 11.1. The molecule has 0 aliphatic heterocycles. The van der Waals surface area contributed by atoms with Gasteiger partial charge in [-0.2, -0.15) is 0 Å². The maximum absolute atomic E-state index is 11.7. The molecule has 0 heterocycles. The minimum Gasteiger partial charge on any atom is -0.453 e. The first-order valence-corrected chi connectivity index (χ1v) is 5.97. The Labute approximate surface area is 97.8 Å². The number of hydrogen-bond donors (Lipinski definition) is 0. The number of carbonyl (C=O) groups is 1. The fourth-order valence-corrected chi connectivity index (χ4v) is 2.38. The Morgan fingerprint density at radius 3 is 2.69 bits per heavy atom. The highest BCUT2D eigenvalue weighted by Crippen LogP contribution is 2.36. The lowest BCUT2D eigenvalue weighted by molar-refractivity contribution is -0.180. The predicted molar refractivity (Wildman–Crippen MR) is 63.2 cm³/mol. The van der Waals surface area contributed by atoms with Crippen LogP contribution in [0.15, 0.2) is 12.2 Å². The molecule has 0 saturated heterocycles. The van der Waals surface area contributed by atoms with Crippen LogP contribution in [0.4, 0.5) is 0 Å². The normalized spacial score (nSPS) is 29.8. The van der Waals surface area contributed by atoms with Gasteiger partial charge in [-0.3, -0.25) is 0 Å². The molecule has 1 rings (SSSR count). The van der Waals surface area contributed by atoms with Crippen molar-refractivity contribution in [3.63, 3.8) is 0 Å². The molecule has 1 fully saturated rings. The lowest BCUT2D eigenvalue weighted by Gasteiger charge is -2.42. The second kappa shape index (κ2) is 5.48. The fraction of sp³-hybridized carbons (Fsp3) is 0.769. The van der Waals surface area contributed by atoms with Crippen LogP contribution in [-0.2, 0) is 14.3 Å². The molecule has 0 amide bonds. The zero-order valence-electron chi connectivity index (χ0n) is 10.5. The van der Waals surface area contributed by atoms with Crippen molar-refractivity contribution in [2.75, 3.05) is 7.11 Å². The monoisotopic (exact) mass is 226 g/mol. The number of hydrogen-bond acceptors (Lipinski definition) is 3. The van der Waals surface area contributed by atoms with Gasteiger partial charge in [0.25, 0.3) is 0 Å². The van der Waals surface area contributed by atoms with Gasteiger partial charge < -0.3 is 9.47 Å². The third kappa shape index (κ3) is 2.64. The Morgan fingerprint density at radius 1 is 1.50 bits per heavy atom. The molecule has 0 N–H and O–H groups in total. The first-order chi connectivity index (χ1) is 7.55. The van der Waals surface area contributed by atoms with Crippen molar-refractivity contribution in [1.29, 1.82) is 0 Å². The third-order valence-electron chi connectivity index (χ3n) is 3.43. The van der Waals surface area contributed by atoms with E-state index < -0.39 is 5.60 Å². The van der Waals surface area contributed by atoms with Gasteiger partial charge in [0.15, 0.2) is 0 Å². The van der Waals surface area contributed by atoms with Gasteiger partial charge in [-0.05, 0) is 32.6 Å². The van der Waals surface area contributed by atoms with Crippen molar-refractivity contribution >= 4 is 5.97 Å². The summed E-state index contributed by atoms with van der Waals surface area (Å²) in [6, 6.07) is 0. The minimum absolute atomic E-state index is 0.0227. The molecular formula is C13H22O3. The summed E-state index contributed by atoms with van der Waals surface area (Å²) in [7, 11) is 1.69. The van der Waals surface area contributed by atoms with Crippen LogP contribution in [0.3, 0.4) is 0 Å². The number of methoxy groups -OCH3 is 1. The van der Waals surface area contributed by atoms with Crippen molar-refractivity contribution in [3.05, 3.63) is 12.2 Å². The van der Waals surface area contributed by atoms with Crippen LogP contribution in [0.5, 0.6) is 0 Å². The van der Waals surface area contributed by atoms with Crippen LogP contribution in [-0.4, -0.2) is 24.8 Å². The Kier molecular flexibility index (Phi) is 4.54. The highest BCUT2D eigenvalue weighted by atomic mass is 16.6. The van der Waals surface area contributed by atoms with Gasteiger partial charge in [-0.1, -0.05) is 19.9 Å². The maximum Gasteiger partial charge on any atom is 0.333 e. The summed E-state index contributed by atoms with van der Waals surface area (Å²) in [4.78, 5) is 11.7. The Morgan fingerprint density at radius 2 is 2.19 bits per heavy atom. The van der Waals surface area contributed by atoms with Crippen molar-refractivity contribution in [2.24, 2.45) is 0 Å². The van der Waals surface area contributed by atoms with Crippen LogP contribution >= 0.6 is 0 Å². The fourth-order valence-electron chi connectivity index (χ4n) is 2.38. The molecule has 92 valence electrons. The number of carbonyl (C=O) groups excluding carboxylic acids is 1. The first kappa shape index (κ1) is 13.2. The van der Waals surface area contributed by atoms with E-state index in [1.54, 1.807) is 14.0 Å². The van der Waals surface area contributed by atoms with Crippen molar-refractivity contribution in [2.45, 2.75) is 57.7 Å². The molecule has 0 aromatic carbocycles. The second-order valence-corrected chi connectivity index (χ2v) is 4.56. The molecule has 3 heteroatoms. The largest absolute Gasteiger partial charge is 0.453 e. The summed E-state index contributed by atoms with van der Waals surface area (Å²) in [5.74, 6) is -0.300. The molecule has 16 heavy (non-hydrogen) atoms. The van der Waals surface area contributed by atoms with Gasteiger partial charge in [0.1, 0.15) is 5.60 Å². The number of esters is 1. The molecule has 1 aliphatic carbocycles. The minimum atomic E-state index is -0.441. The smallest absolute Gasteiger partial charge is 0.333 e. The molecule has 0 spiro atoms. The first-order valence-electron chi connectivity index (χ1n) is 5.97. The van der Waals surface area contributed by atoms with Crippen LogP contribution in [0, 0.1) is 0 Å². The van der Waals surface area contributed by atoms with Gasteiger partial charge in [-0.25, -0.2) is 4.79 Å². The van der Waals surface area contributed by atoms with E-state index in [1.807, 2.05) is 6.92 Å². The van der Waals surface area contributed by atoms with Crippen LogP contribution in [0.1, 0.15) is 46.0 Å². The molecule has 0 bridgehead atoms. The Balaban J connectivity index is 2.80. The Hall–Kier alpha value is -0.830. The topological polar surface area (TPSA) is 35.5 Å². The molecule has 2 unspecified atom stereocenters. The summed E-state index contributed by atoms with van der Waals surface area (Å²) in [6.07, 6.45) is 4.91. The maximum atomic E-state index is 11.7. The second-order valence-electron chi connectivity index (χ2n) is 4.56. The zero-order chi connectivity index (χ0) is 12.2. The summed E-state index contributed by atoms with van der Waals surface area (Å²) in [6.45, 7) is 7.34. The average molecular weight is 226 g/mol. The van der Waals surface area contributed by atoms with Crippen LogP contribution in [0.2, 0.25) is 0 Å². The molecule has 2 atom stereocenters. The molecule has 0 aromatic rings. The molecule has 1 saturated carbocycles. The summed E-state index contributed by atoms with van der Waals surface area (Å²) >= 11 is 0. The Bertz CT molecular complexity index is 272. The number of ether oxygens (including phenoxy) is 2. The molecule has 0 radical (unpaired) electrons. The highest BCUT2D eigenvalue weighted by molar-refractivity contribution is 5.87. The quantitative estimate of drug-likeness (QED) is 0.546. The van der Waals surface area contributed by atoms with E-state index in [0.717, 1.165) is 32.1 Å². The standard InChI is InChI=1S/C13H22O3/c1-5-13(16-12(14)10(2)3)9-7-6-8-11(13)15-4/h11H,2,5-9H2,1,3-4H3. The zero-order valence-corrected chi connectivity index (χ0v) is 10.5. The molecule has 0 aromatic heterocycles. The predicted octanol–water partition coefficient (Wildman–Crippen LogP) is 2.84. The molecule has 3 nitrogen and oxygen atoms in total. The summed E-state index contributed by atoms with van der Waals surface area (Å²) in [5.41, 5.74) is 0.0106. The van der Waals surface area contributed by atoms with Crippen molar-refractivity contribution < 1.29 is 14.3 Å². The van der Waals surface area contributed by atoms with E-state index in [2.05, 4.69) is 6.58 Å². The van der Waals surface area contributed by atoms with E-state index in [0.29, 0.717) is 5.57 Å². The van der Waals surface area contributed by atoms with E-state index in [9.17, 15) is 4.79 Å². The van der Waals surface area contributed by atoms with Gasteiger partial charge in [0.05, 0.1) is 6.10 Å². The van der Waals surface area contributed by atoms with E-state index >= 15 is 0 Å². The van der Waals surface area contributed by atoms with Crippen LogP contribution in [0.25, 0.3) is 0 Å². The SMILES string of the molecule is C=C(C)C(=O)OC1(CC)CCCCC1OC. The van der Waals surface area contributed by atoms with E-state index in [1.165, 1.54) is 0 Å². The van der Waals surface area contributed by atoms with Gasteiger partial charge in [-0.15, -0.1) is 0 Å². The lowest BCUT2D eigenvalue weighted by Crippen LogP contribution is -2.49. The lowest BCUT2D eigenvalue weighted by atomic mass is 9.80. The van der Waals surface area contributed by atoms with Gasteiger partial charge >= 0.3 is 5.97 Å². The van der Waals surface area contributed by atoms with Crippen molar-refractivity contribution in [1.82, 2.24) is 0 Å². The van der Waals surface area contributed by atoms with E-state index in [4.69, 9.17) is 9.47 Å².